The van der Waals surface area contributed by atoms with Gasteiger partial charge in [0.25, 0.3) is 0 Å². The summed E-state index contributed by atoms with van der Waals surface area (Å²) in [5.41, 5.74) is 0.750. The van der Waals surface area contributed by atoms with Gasteiger partial charge >= 0.3 is 5.97 Å². The van der Waals surface area contributed by atoms with Crippen molar-refractivity contribution in [3.63, 3.8) is 0 Å². The molecule has 0 aromatic heterocycles. The molecule has 23 heavy (non-hydrogen) atoms. The Bertz CT molecular complexity index is 580. The zero-order chi connectivity index (χ0) is 16.7. The number of nitrogens with one attached hydrogen (secondary N) is 2. The molecule has 3 N–H and O–H groups in total. The lowest BCUT2D eigenvalue weighted by Gasteiger charge is -2.22. The van der Waals surface area contributed by atoms with Crippen molar-refractivity contribution in [3.05, 3.63) is 35.4 Å². The summed E-state index contributed by atoms with van der Waals surface area (Å²) in [7, 11) is 0. The van der Waals surface area contributed by atoms with Crippen molar-refractivity contribution in [2.45, 2.75) is 44.6 Å². The first-order valence-electron chi connectivity index (χ1n) is 7.93. The first-order chi connectivity index (χ1) is 11.0. The van der Waals surface area contributed by atoms with Crippen LogP contribution in [0.2, 0.25) is 0 Å². The summed E-state index contributed by atoms with van der Waals surface area (Å²) in [6.45, 7) is -0.0477. The van der Waals surface area contributed by atoms with Gasteiger partial charge in [0.1, 0.15) is 0 Å². The molecule has 1 fully saturated rings. The lowest BCUT2D eigenvalue weighted by Crippen LogP contribution is -2.43. The maximum atomic E-state index is 11.9. The van der Waals surface area contributed by atoms with Crippen LogP contribution in [0.15, 0.2) is 24.3 Å². The van der Waals surface area contributed by atoms with Crippen LogP contribution in [0.5, 0.6) is 0 Å². The number of carbonyl (C=O) groups excluding carboxylic acids is 2. The Hall–Kier alpha value is -2.37. The summed E-state index contributed by atoms with van der Waals surface area (Å²) in [4.78, 5) is 34.5. The number of hydrogen-bond acceptors (Lipinski definition) is 3. The lowest BCUT2D eigenvalue weighted by atomic mass is 9.95. The van der Waals surface area contributed by atoms with E-state index in [9.17, 15) is 14.4 Å². The number of rotatable bonds is 6. The fourth-order valence-electron chi connectivity index (χ4n) is 2.77. The average molecular weight is 318 g/mol. The van der Waals surface area contributed by atoms with Crippen LogP contribution in [0.3, 0.4) is 0 Å². The van der Waals surface area contributed by atoms with Gasteiger partial charge in [-0.2, -0.15) is 0 Å². The van der Waals surface area contributed by atoms with Gasteiger partial charge in [-0.15, -0.1) is 0 Å². The summed E-state index contributed by atoms with van der Waals surface area (Å²) in [6.07, 6.45) is 5.55. The quantitative estimate of drug-likeness (QED) is 0.740. The Kier molecular flexibility index (Phi) is 6.14. The Morgan fingerprint density at radius 1 is 1.09 bits per heavy atom. The Morgan fingerprint density at radius 3 is 2.52 bits per heavy atom. The highest BCUT2D eigenvalue weighted by Gasteiger charge is 2.16. The van der Waals surface area contributed by atoms with Crippen molar-refractivity contribution in [1.29, 1.82) is 0 Å². The largest absolute Gasteiger partial charge is 0.478 e. The summed E-state index contributed by atoms with van der Waals surface area (Å²) in [5.74, 6) is -1.50. The van der Waals surface area contributed by atoms with E-state index in [2.05, 4.69) is 10.6 Å². The zero-order valence-corrected chi connectivity index (χ0v) is 13.0. The van der Waals surface area contributed by atoms with Crippen LogP contribution in [0.25, 0.3) is 0 Å². The third-order valence-electron chi connectivity index (χ3n) is 3.96. The van der Waals surface area contributed by atoms with E-state index in [1.807, 2.05) is 0 Å². The molecule has 2 rings (SSSR count). The van der Waals surface area contributed by atoms with E-state index in [0.29, 0.717) is 5.56 Å². The van der Waals surface area contributed by atoms with E-state index in [-0.39, 0.29) is 36.4 Å². The first kappa shape index (κ1) is 17.0. The highest BCUT2D eigenvalue weighted by molar-refractivity contribution is 5.89. The predicted molar refractivity (Wildman–Crippen MR) is 85.1 cm³/mol. The molecule has 0 saturated heterocycles. The number of carboxylic acids is 1. The Morgan fingerprint density at radius 2 is 1.83 bits per heavy atom. The maximum absolute atomic E-state index is 11.9. The van der Waals surface area contributed by atoms with Crippen LogP contribution in [0.1, 0.15) is 48.0 Å². The minimum atomic E-state index is -1.03. The van der Waals surface area contributed by atoms with Crippen molar-refractivity contribution >= 4 is 17.8 Å². The molecule has 6 nitrogen and oxygen atoms in total. The third kappa shape index (κ3) is 5.73. The van der Waals surface area contributed by atoms with E-state index >= 15 is 0 Å². The van der Waals surface area contributed by atoms with Crippen LogP contribution >= 0.6 is 0 Å². The standard InChI is InChI=1S/C17H22N2O4/c20-15(10-12-5-4-6-13(9-12)17(22)23)18-11-16(21)19-14-7-2-1-3-8-14/h4-6,9,14H,1-3,7-8,10-11H2,(H,18,20)(H,19,21)(H,22,23). The fraction of sp³-hybridized carbons (Fsp3) is 0.471. The van der Waals surface area contributed by atoms with Crippen LogP contribution in [0.4, 0.5) is 0 Å². The highest BCUT2D eigenvalue weighted by atomic mass is 16.4. The normalized spacial score (nSPS) is 15.0. The fourth-order valence-corrected chi connectivity index (χ4v) is 2.77. The maximum Gasteiger partial charge on any atom is 0.335 e. The van der Waals surface area contributed by atoms with Crippen LogP contribution in [-0.2, 0) is 16.0 Å². The SMILES string of the molecule is O=C(Cc1cccc(C(=O)O)c1)NCC(=O)NC1CCCCC1. The predicted octanol–water partition coefficient (Wildman–Crippen LogP) is 1.49. The van der Waals surface area contributed by atoms with Crippen LogP contribution in [0, 0.1) is 0 Å². The molecule has 1 aliphatic carbocycles. The van der Waals surface area contributed by atoms with E-state index < -0.39 is 5.97 Å². The van der Waals surface area contributed by atoms with Crippen molar-refractivity contribution < 1.29 is 19.5 Å². The van der Waals surface area contributed by atoms with Crippen LogP contribution in [-0.4, -0.2) is 35.5 Å². The monoisotopic (exact) mass is 318 g/mol. The van der Waals surface area contributed by atoms with Gasteiger partial charge in [0.05, 0.1) is 18.5 Å². The molecule has 1 saturated carbocycles. The minimum absolute atomic E-state index is 0.0477. The highest BCUT2D eigenvalue weighted by Crippen LogP contribution is 2.17. The second kappa shape index (κ2) is 8.31. The van der Waals surface area contributed by atoms with Gasteiger partial charge < -0.3 is 15.7 Å². The lowest BCUT2D eigenvalue weighted by molar-refractivity contribution is -0.126. The van der Waals surface area contributed by atoms with Gasteiger partial charge in [-0.3, -0.25) is 9.59 Å². The van der Waals surface area contributed by atoms with Gasteiger partial charge in [-0.1, -0.05) is 31.4 Å². The topological polar surface area (TPSA) is 95.5 Å². The molecule has 0 aliphatic heterocycles. The molecule has 1 aliphatic rings. The molecule has 0 spiro atoms. The van der Waals surface area contributed by atoms with Crippen molar-refractivity contribution in [2.24, 2.45) is 0 Å². The van der Waals surface area contributed by atoms with Gasteiger partial charge in [0.15, 0.2) is 0 Å². The molecule has 0 atom stereocenters. The first-order valence-corrected chi connectivity index (χ1v) is 7.93. The smallest absolute Gasteiger partial charge is 0.335 e. The van der Waals surface area contributed by atoms with Crippen molar-refractivity contribution in [2.75, 3.05) is 6.54 Å². The summed E-state index contributed by atoms with van der Waals surface area (Å²) < 4.78 is 0. The van der Waals surface area contributed by atoms with Crippen LogP contribution < -0.4 is 10.6 Å². The van der Waals surface area contributed by atoms with Crippen molar-refractivity contribution in [3.8, 4) is 0 Å². The summed E-state index contributed by atoms with van der Waals surface area (Å²) in [5, 5.41) is 14.4. The molecule has 0 radical (unpaired) electrons. The van der Waals surface area contributed by atoms with E-state index in [4.69, 9.17) is 5.11 Å². The van der Waals surface area contributed by atoms with E-state index in [1.54, 1.807) is 12.1 Å². The number of hydrogen-bond donors (Lipinski definition) is 3. The number of aromatic carboxylic acids is 1. The van der Waals surface area contributed by atoms with Crippen molar-refractivity contribution in [1.82, 2.24) is 10.6 Å². The van der Waals surface area contributed by atoms with Gasteiger partial charge in [-0.25, -0.2) is 4.79 Å². The van der Waals surface area contributed by atoms with E-state index in [1.165, 1.54) is 18.6 Å². The molecular formula is C17H22N2O4. The van der Waals surface area contributed by atoms with Gasteiger partial charge in [-0.05, 0) is 30.5 Å². The molecule has 124 valence electrons. The number of carbonyl (C=O) groups is 3. The molecule has 1 aromatic carbocycles. The second-order valence-electron chi connectivity index (χ2n) is 5.86. The van der Waals surface area contributed by atoms with Gasteiger partial charge in [0.2, 0.25) is 11.8 Å². The van der Waals surface area contributed by atoms with E-state index in [0.717, 1.165) is 25.7 Å². The molecule has 6 heteroatoms. The molecule has 0 heterocycles. The summed E-state index contributed by atoms with van der Waals surface area (Å²) in [6, 6.07) is 6.45. The Labute approximate surface area is 135 Å². The third-order valence-corrected chi connectivity index (χ3v) is 3.96. The average Bonchev–Trinajstić information content (AvgIpc) is 2.54. The molecule has 2 amide bonds. The zero-order valence-electron chi connectivity index (χ0n) is 13.0. The Balaban J connectivity index is 1.75. The number of amides is 2. The van der Waals surface area contributed by atoms with Gasteiger partial charge in [0, 0.05) is 6.04 Å². The number of carboxylic acid groups (broad SMARTS) is 1. The molecule has 0 bridgehead atoms. The molecule has 0 unspecified atom stereocenters. The second-order valence-corrected chi connectivity index (χ2v) is 5.86. The number of benzene rings is 1. The summed E-state index contributed by atoms with van der Waals surface area (Å²) >= 11 is 0. The minimum Gasteiger partial charge on any atom is -0.478 e. The molecule has 1 aromatic rings. The molecular weight excluding hydrogens is 296 g/mol.